The largest absolute Gasteiger partial charge is 0.338 e. The van der Waals surface area contributed by atoms with Crippen molar-refractivity contribution in [2.24, 2.45) is 17.6 Å². The number of halogens is 1. The molecule has 0 bridgehead atoms. The zero-order valence-corrected chi connectivity index (χ0v) is 13.4. The van der Waals surface area contributed by atoms with E-state index in [1.165, 1.54) is 0 Å². The van der Waals surface area contributed by atoms with Crippen molar-refractivity contribution in [1.82, 2.24) is 4.90 Å². The van der Waals surface area contributed by atoms with Gasteiger partial charge in [0.25, 0.3) is 0 Å². The minimum absolute atomic E-state index is 0.0888. The summed E-state index contributed by atoms with van der Waals surface area (Å²) >= 11 is 5.99. The highest BCUT2D eigenvalue weighted by atomic mass is 35.5. The van der Waals surface area contributed by atoms with E-state index in [4.69, 9.17) is 17.3 Å². The minimum atomic E-state index is -0.0888. The highest BCUT2D eigenvalue weighted by Gasteiger charge is 2.23. The molecule has 1 unspecified atom stereocenters. The summed E-state index contributed by atoms with van der Waals surface area (Å²) in [5, 5.41) is 0.698. The maximum absolute atomic E-state index is 12.5. The fourth-order valence-corrected chi connectivity index (χ4v) is 2.54. The van der Waals surface area contributed by atoms with Gasteiger partial charge in [0.1, 0.15) is 0 Å². The van der Waals surface area contributed by atoms with E-state index < -0.39 is 0 Å². The second kappa shape index (κ2) is 8.28. The van der Waals surface area contributed by atoms with Crippen LogP contribution in [0, 0.1) is 11.8 Å². The highest BCUT2D eigenvalue weighted by Crippen LogP contribution is 2.17. The molecular weight excluding hydrogens is 272 g/mol. The molecule has 0 aromatic heterocycles. The predicted octanol–water partition coefficient (Wildman–Crippen LogP) is 3.31. The van der Waals surface area contributed by atoms with Gasteiger partial charge in [-0.3, -0.25) is 4.79 Å². The molecule has 0 aliphatic carbocycles. The number of carbonyl (C=O) groups excluding carboxylic acids is 1. The highest BCUT2D eigenvalue weighted by molar-refractivity contribution is 6.30. The number of nitrogens with zero attached hydrogens (tertiary/aromatic N) is 1. The molecule has 3 nitrogen and oxygen atoms in total. The average molecular weight is 297 g/mol. The first-order chi connectivity index (χ1) is 9.47. The van der Waals surface area contributed by atoms with Gasteiger partial charge < -0.3 is 10.6 Å². The van der Waals surface area contributed by atoms with Gasteiger partial charge in [0.05, 0.1) is 5.92 Å². The Balaban J connectivity index is 2.76. The van der Waals surface area contributed by atoms with Crippen LogP contribution in [0.15, 0.2) is 24.3 Å². The first-order valence-corrected chi connectivity index (χ1v) is 7.59. The lowest BCUT2D eigenvalue weighted by atomic mass is 9.95. The third-order valence-electron chi connectivity index (χ3n) is 3.35. The van der Waals surface area contributed by atoms with Gasteiger partial charge in [-0.25, -0.2) is 0 Å². The average Bonchev–Trinajstić information content (AvgIpc) is 2.41. The Hall–Kier alpha value is -1.06. The van der Waals surface area contributed by atoms with Crippen LogP contribution in [0.4, 0.5) is 0 Å². The normalized spacial score (nSPS) is 12.5. The number of amides is 1. The van der Waals surface area contributed by atoms with Crippen molar-refractivity contribution in [2.45, 2.75) is 33.7 Å². The molecule has 1 aromatic carbocycles. The SMILES string of the molecule is CCN(Cc1cccc(Cl)c1)C(=O)C(CN)CC(C)C. The Labute approximate surface area is 127 Å². The Morgan fingerprint density at radius 3 is 2.60 bits per heavy atom. The Bertz CT molecular complexity index is 434. The topological polar surface area (TPSA) is 46.3 Å². The fourth-order valence-electron chi connectivity index (χ4n) is 2.33. The zero-order valence-electron chi connectivity index (χ0n) is 12.6. The first kappa shape index (κ1) is 17.0. The van der Waals surface area contributed by atoms with Crippen molar-refractivity contribution in [1.29, 1.82) is 0 Å². The molecule has 2 N–H and O–H groups in total. The standard InChI is InChI=1S/C16H25ClN2O/c1-4-19(11-13-6-5-7-15(17)9-13)16(20)14(10-18)8-12(2)3/h5-7,9,12,14H,4,8,10-11,18H2,1-3H3. The van der Waals surface area contributed by atoms with Crippen molar-refractivity contribution < 1.29 is 4.79 Å². The van der Waals surface area contributed by atoms with E-state index in [9.17, 15) is 4.79 Å². The van der Waals surface area contributed by atoms with E-state index in [-0.39, 0.29) is 11.8 Å². The number of hydrogen-bond acceptors (Lipinski definition) is 2. The van der Waals surface area contributed by atoms with Crippen LogP contribution in [0.5, 0.6) is 0 Å². The summed E-state index contributed by atoms with van der Waals surface area (Å²) in [6, 6.07) is 7.63. The van der Waals surface area contributed by atoms with Crippen LogP contribution in [0.3, 0.4) is 0 Å². The van der Waals surface area contributed by atoms with Gasteiger partial charge in [0.15, 0.2) is 0 Å². The molecule has 0 saturated carbocycles. The second-order valence-corrected chi connectivity index (χ2v) is 5.98. The van der Waals surface area contributed by atoms with Crippen LogP contribution in [0.25, 0.3) is 0 Å². The lowest BCUT2D eigenvalue weighted by molar-refractivity contribution is -0.136. The van der Waals surface area contributed by atoms with Gasteiger partial charge in [-0.1, -0.05) is 37.6 Å². The molecule has 0 aliphatic rings. The van der Waals surface area contributed by atoms with Crippen molar-refractivity contribution >= 4 is 17.5 Å². The van der Waals surface area contributed by atoms with E-state index >= 15 is 0 Å². The van der Waals surface area contributed by atoms with Gasteiger partial charge in [-0.2, -0.15) is 0 Å². The monoisotopic (exact) mass is 296 g/mol. The summed E-state index contributed by atoms with van der Waals surface area (Å²) in [5.74, 6) is 0.523. The van der Waals surface area contributed by atoms with Crippen LogP contribution < -0.4 is 5.73 Å². The number of benzene rings is 1. The number of nitrogens with two attached hydrogens (primary N) is 1. The van der Waals surface area contributed by atoms with E-state index in [0.717, 1.165) is 12.0 Å². The summed E-state index contributed by atoms with van der Waals surface area (Å²) in [4.78, 5) is 14.4. The summed E-state index contributed by atoms with van der Waals surface area (Å²) in [6.45, 7) is 7.89. The second-order valence-electron chi connectivity index (χ2n) is 5.54. The van der Waals surface area contributed by atoms with E-state index in [2.05, 4.69) is 13.8 Å². The lowest BCUT2D eigenvalue weighted by Crippen LogP contribution is -2.39. The van der Waals surface area contributed by atoms with Crippen LogP contribution in [0.2, 0.25) is 5.02 Å². The molecule has 0 fully saturated rings. The van der Waals surface area contributed by atoms with Crippen molar-refractivity contribution in [2.75, 3.05) is 13.1 Å². The molecule has 0 aliphatic heterocycles. The van der Waals surface area contributed by atoms with Crippen molar-refractivity contribution in [3.05, 3.63) is 34.9 Å². The zero-order chi connectivity index (χ0) is 15.1. The maximum Gasteiger partial charge on any atom is 0.227 e. The van der Waals surface area contributed by atoms with Crippen LogP contribution in [-0.4, -0.2) is 23.9 Å². The molecule has 0 radical (unpaired) electrons. The molecule has 1 rings (SSSR count). The third kappa shape index (κ3) is 5.14. The Kier molecular flexibility index (Phi) is 7.03. The van der Waals surface area contributed by atoms with Gasteiger partial charge in [-0.15, -0.1) is 0 Å². The quantitative estimate of drug-likeness (QED) is 0.839. The van der Waals surface area contributed by atoms with Gasteiger partial charge in [0.2, 0.25) is 5.91 Å². The van der Waals surface area contributed by atoms with E-state index in [1.54, 1.807) is 0 Å². The number of hydrogen-bond donors (Lipinski definition) is 1. The molecule has 0 saturated heterocycles. The summed E-state index contributed by atoms with van der Waals surface area (Å²) in [7, 11) is 0. The number of rotatable bonds is 7. The lowest BCUT2D eigenvalue weighted by Gasteiger charge is -2.26. The third-order valence-corrected chi connectivity index (χ3v) is 3.58. The van der Waals surface area contributed by atoms with E-state index in [1.807, 2.05) is 36.1 Å². The fraction of sp³-hybridized carbons (Fsp3) is 0.562. The molecule has 20 heavy (non-hydrogen) atoms. The molecule has 1 atom stereocenters. The minimum Gasteiger partial charge on any atom is -0.338 e. The summed E-state index contributed by atoms with van der Waals surface area (Å²) in [5.41, 5.74) is 6.81. The van der Waals surface area contributed by atoms with Gasteiger partial charge >= 0.3 is 0 Å². The van der Waals surface area contributed by atoms with E-state index in [0.29, 0.717) is 30.6 Å². The van der Waals surface area contributed by atoms with Crippen LogP contribution >= 0.6 is 11.6 Å². The molecule has 112 valence electrons. The molecule has 1 amide bonds. The van der Waals surface area contributed by atoms with Crippen molar-refractivity contribution in [3.8, 4) is 0 Å². The summed E-state index contributed by atoms with van der Waals surface area (Å²) < 4.78 is 0. The summed E-state index contributed by atoms with van der Waals surface area (Å²) in [6.07, 6.45) is 0.835. The molecule has 4 heteroatoms. The number of carbonyl (C=O) groups is 1. The van der Waals surface area contributed by atoms with Gasteiger partial charge in [0, 0.05) is 24.7 Å². The van der Waals surface area contributed by atoms with Gasteiger partial charge in [-0.05, 0) is 37.0 Å². The maximum atomic E-state index is 12.5. The molecular formula is C16H25ClN2O. The molecule has 1 aromatic rings. The molecule has 0 spiro atoms. The predicted molar refractivity (Wildman–Crippen MR) is 84.5 cm³/mol. The first-order valence-electron chi connectivity index (χ1n) is 7.21. The Morgan fingerprint density at radius 1 is 1.40 bits per heavy atom. The van der Waals surface area contributed by atoms with Crippen molar-refractivity contribution in [3.63, 3.8) is 0 Å². The Morgan fingerprint density at radius 2 is 2.10 bits per heavy atom. The van der Waals surface area contributed by atoms with Crippen LogP contribution in [0.1, 0.15) is 32.8 Å². The molecule has 0 heterocycles. The van der Waals surface area contributed by atoms with Crippen LogP contribution in [-0.2, 0) is 11.3 Å². The smallest absolute Gasteiger partial charge is 0.227 e.